The third-order valence-electron chi connectivity index (χ3n) is 4.31. The van der Waals surface area contributed by atoms with Crippen molar-refractivity contribution < 1.29 is 9.90 Å². The summed E-state index contributed by atoms with van der Waals surface area (Å²) in [5, 5.41) is 8.90. The molecule has 0 aromatic heterocycles. The van der Waals surface area contributed by atoms with Crippen molar-refractivity contribution in [2.45, 2.75) is 39.0 Å². The smallest absolute Gasteiger partial charge is 0.225 e. The zero-order valence-corrected chi connectivity index (χ0v) is 10.2. The summed E-state index contributed by atoms with van der Waals surface area (Å²) in [7, 11) is 0. The number of carbonyl (C=O) groups is 1. The van der Waals surface area contributed by atoms with Crippen LogP contribution < -0.4 is 0 Å². The van der Waals surface area contributed by atoms with Crippen LogP contribution in [0.1, 0.15) is 39.0 Å². The van der Waals surface area contributed by atoms with Gasteiger partial charge in [-0.05, 0) is 37.5 Å². The second-order valence-electron chi connectivity index (χ2n) is 5.47. The summed E-state index contributed by atoms with van der Waals surface area (Å²) in [5.74, 6) is 1.77. The molecule has 3 nitrogen and oxygen atoms in total. The van der Waals surface area contributed by atoms with Gasteiger partial charge in [0.1, 0.15) is 0 Å². The molecule has 2 fully saturated rings. The molecule has 1 amide bonds. The summed E-state index contributed by atoms with van der Waals surface area (Å²) in [6, 6.07) is 0. The van der Waals surface area contributed by atoms with Gasteiger partial charge in [-0.2, -0.15) is 0 Å². The van der Waals surface area contributed by atoms with Crippen molar-refractivity contribution in [3.63, 3.8) is 0 Å². The maximum Gasteiger partial charge on any atom is 0.225 e. The van der Waals surface area contributed by atoms with Crippen LogP contribution in [0.25, 0.3) is 0 Å². The molecule has 1 N–H and O–H groups in total. The molecule has 1 aliphatic heterocycles. The Morgan fingerprint density at radius 3 is 2.81 bits per heavy atom. The molecule has 2 rings (SSSR count). The van der Waals surface area contributed by atoms with Crippen LogP contribution >= 0.6 is 0 Å². The first-order valence-electron chi connectivity index (χ1n) is 6.62. The summed E-state index contributed by atoms with van der Waals surface area (Å²) in [4.78, 5) is 14.3. The molecule has 1 saturated carbocycles. The number of amides is 1. The van der Waals surface area contributed by atoms with Gasteiger partial charge in [0.25, 0.3) is 0 Å². The van der Waals surface area contributed by atoms with Gasteiger partial charge in [-0.15, -0.1) is 0 Å². The normalized spacial score (nSPS) is 34.6. The minimum absolute atomic E-state index is 0.256. The van der Waals surface area contributed by atoms with Crippen LogP contribution in [0.2, 0.25) is 0 Å². The van der Waals surface area contributed by atoms with Crippen molar-refractivity contribution in [3.05, 3.63) is 0 Å². The van der Waals surface area contributed by atoms with Gasteiger partial charge in [0.2, 0.25) is 5.91 Å². The average Bonchev–Trinajstić information content (AvgIpc) is 2.87. The highest BCUT2D eigenvalue weighted by atomic mass is 16.3. The van der Waals surface area contributed by atoms with E-state index in [4.69, 9.17) is 5.11 Å². The lowest BCUT2D eigenvalue weighted by atomic mass is 9.97. The van der Waals surface area contributed by atoms with E-state index in [0.717, 1.165) is 32.4 Å². The number of likely N-dealkylation sites (tertiary alicyclic amines) is 1. The van der Waals surface area contributed by atoms with Crippen molar-refractivity contribution >= 4 is 5.91 Å². The van der Waals surface area contributed by atoms with Crippen molar-refractivity contribution in [3.8, 4) is 0 Å². The van der Waals surface area contributed by atoms with Gasteiger partial charge in [-0.1, -0.05) is 13.3 Å². The van der Waals surface area contributed by atoms with Gasteiger partial charge >= 0.3 is 0 Å². The van der Waals surface area contributed by atoms with E-state index < -0.39 is 0 Å². The fourth-order valence-electron chi connectivity index (χ4n) is 3.20. The van der Waals surface area contributed by atoms with Crippen LogP contribution in [0.5, 0.6) is 0 Å². The maximum atomic E-state index is 12.3. The molecule has 16 heavy (non-hydrogen) atoms. The average molecular weight is 225 g/mol. The molecule has 92 valence electrons. The van der Waals surface area contributed by atoms with Crippen molar-refractivity contribution in [2.75, 3.05) is 19.7 Å². The minimum Gasteiger partial charge on any atom is -0.396 e. The van der Waals surface area contributed by atoms with Crippen LogP contribution in [0.3, 0.4) is 0 Å². The van der Waals surface area contributed by atoms with Gasteiger partial charge in [-0.25, -0.2) is 0 Å². The monoisotopic (exact) mass is 225 g/mol. The third kappa shape index (κ3) is 2.40. The van der Waals surface area contributed by atoms with Crippen LogP contribution in [0.4, 0.5) is 0 Å². The Labute approximate surface area is 97.8 Å². The van der Waals surface area contributed by atoms with Crippen LogP contribution in [-0.4, -0.2) is 35.6 Å². The molecule has 0 spiro atoms. The number of nitrogens with zero attached hydrogens (tertiary/aromatic N) is 1. The summed E-state index contributed by atoms with van der Waals surface area (Å²) in [6.07, 6.45) is 5.44. The van der Waals surface area contributed by atoms with E-state index in [1.54, 1.807) is 0 Å². The number of hydrogen-bond donors (Lipinski definition) is 1. The van der Waals surface area contributed by atoms with Gasteiger partial charge in [0, 0.05) is 25.6 Å². The predicted octanol–water partition coefficient (Wildman–Crippen LogP) is 1.65. The van der Waals surface area contributed by atoms with E-state index in [1.807, 2.05) is 4.90 Å². The van der Waals surface area contributed by atoms with Crippen LogP contribution in [0, 0.1) is 17.8 Å². The topological polar surface area (TPSA) is 40.5 Å². The Morgan fingerprint density at radius 2 is 2.19 bits per heavy atom. The Morgan fingerprint density at radius 1 is 1.38 bits per heavy atom. The van der Waals surface area contributed by atoms with E-state index in [0.29, 0.717) is 17.7 Å². The van der Waals surface area contributed by atoms with E-state index in [-0.39, 0.29) is 12.5 Å². The van der Waals surface area contributed by atoms with E-state index in [2.05, 4.69) is 6.92 Å². The Kier molecular flexibility index (Phi) is 3.85. The van der Waals surface area contributed by atoms with Gasteiger partial charge in [0.05, 0.1) is 0 Å². The number of aliphatic hydroxyl groups excluding tert-OH is 1. The second kappa shape index (κ2) is 5.17. The highest BCUT2D eigenvalue weighted by molar-refractivity contribution is 5.79. The molecular weight excluding hydrogens is 202 g/mol. The minimum atomic E-state index is 0.256. The first kappa shape index (κ1) is 11.9. The SMILES string of the molecule is CC1CCCC1C(=O)N1CCC(CCO)C1. The Bertz CT molecular complexity index is 254. The van der Waals surface area contributed by atoms with Crippen molar-refractivity contribution in [1.82, 2.24) is 4.90 Å². The molecule has 0 radical (unpaired) electrons. The highest BCUT2D eigenvalue weighted by Crippen LogP contribution is 2.34. The van der Waals surface area contributed by atoms with E-state index in [9.17, 15) is 4.79 Å². The quantitative estimate of drug-likeness (QED) is 0.793. The number of carbonyl (C=O) groups excluding carboxylic acids is 1. The van der Waals surface area contributed by atoms with Gasteiger partial charge in [-0.3, -0.25) is 4.79 Å². The van der Waals surface area contributed by atoms with Crippen molar-refractivity contribution in [2.24, 2.45) is 17.8 Å². The number of hydrogen-bond acceptors (Lipinski definition) is 2. The number of rotatable bonds is 3. The predicted molar refractivity (Wildman–Crippen MR) is 62.9 cm³/mol. The molecule has 1 saturated heterocycles. The third-order valence-corrected chi connectivity index (χ3v) is 4.31. The number of aliphatic hydroxyl groups is 1. The summed E-state index contributed by atoms with van der Waals surface area (Å²) >= 11 is 0. The standard InChI is InChI=1S/C13H23NO2/c1-10-3-2-4-12(10)13(16)14-7-5-11(9-14)6-8-15/h10-12,15H,2-9H2,1H3. The highest BCUT2D eigenvalue weighted by Gasteiger charge is 2.35. The molecule has 2 aliphatic rings. The largest absolute Gasteiger partial charge is 0.396 e. The summed E-state index contributed by atoms with van der Waals surface area (Å²) < 4.78 is 0. The molecule has 0 aromatic rings. The van der Waals surface area contributed by atoms with E-state index >= 15 is 0 Å². The summed E-state index contributed by atoms with van der Waals surface area (Å²) in [6.45, 7) is 4.25. The molecule has 3 heteroatoms. The lowest BCUT2D eigenvalue weighted by Gasteiger charge is -2.23. The lowest BCUT2D eigenvalue weighted by molar-refractivity contribution is -0.135. The molecule has 1 heterocycles. The maximum absolute atomic E-state index is 12.3. The van der Waals surface area contributed by atoms with Gasteiger partial charge < -0.3 is 10.0 Å². The zero-order chi connectivity index (χ0) is 11.5. The first-order valence-corrected chi connectivity index (χ1v) is 6.62. The van der Waals surface area contributed by atoms with Crippen molar-refractivity contribution in [1.29, 1.82) is 0 Å². The summed E-state index contributed by atoms with van der Waals surface area (Å²) in [5.41, 5.74) is 0. The molecule has 0 bridgehead atoms. The first-order chi connectivity index (χ1) is 7.72. The Hall–Kier alpha value is -0.570. The molecule has 0 aromatic carbocycles. The van der Waals surface area contributed by atoms with Gasteiger partial charge in [0.15, 0.2) is 0 Å². The molecule has 1 aliphatic carbocycles. The Balaban J connectivity index is 1.86. The fraction of sp³-hybridized carbons (Fsp3) is 0.923. The molecule has 3 atom stereocenters. The van der Waals surface area contributed by atoms with E-state index in [1.165, 1.54) is 12.8 Å². The van der Waals surface area contributed by atoms with Crippen LogP contribution in [-0.2, 0) is 4.79 Å². The molecule has 3 unspecified atom stereocenters. The lowest BCUT2D eigenvalue weighted by Crippen LogP contribution is -2.35. The van der Waals surface area contributed by atoms with Crippen LogP contribution in [0.15, 0.2) is 0 Å². The fourth-order valence-corrected chi connectivity index (χ4v) is 3.20. The zero-order valence-electron chi connectivity index (χ0n) is 10.2. The second-order valence-corrected chi connectivity index (χ2v) is 5.47. The molecular formula is C13H23NO2.